The molecule has 2 aromatic heterocycles. The van der Waals surface area contributed by atoms with Crippen molar-refractivity contribution >= 4 is 33.6 Å². The number of hydrogen-bond donors (Lipinski definition) is 1. The minimum Gasteiger partial charge on any atom is -0.360 e. The first-order valence-electron chi connectivity index (χ1n) is 9.27. The molecular formula is C19H23ClN5OS+. The molecule has 1 aliphatic rings. The van der Waals surface area contributed by atoms with E-state index in [1.54, 1.807) is 6.07 Å². The van der Waals surface area contributed by atoms with Crippen LogP contribution in [0.3, 0.4) is 0 Å². The highest BCUT2D eigenvalue weighted by Gasteiger charge is 2.22. The number of nitrogens with one attached hydrogen (secondary N) is 1. The molecule has 6 nitrogen and oxygen atoms in total. The van der Waals surface area contributed by atoms with Crippen molar-refractivity contribution in [3.63, 3.8) is 0 Å². The van der Waals surface area contributed by atoms with Crippen molar-refractivity contribution in [3.8, 4) is 0 Å². The van der Waals surface area contributed by atoms with Crippen LogP contribution in [0.15, 0.2) is 29.1 Å². The number of aryl methyl sites for hydroxylation is 2. The fourth-order valence-corrected chi connectivity index (χ4v) is 4.57. The first-order chi connectivity index (χ1) is 13.0. The van der Waals surface area contributed by atoms with Crippen molar-refractivity contribution < 1.29 is 4.90 Å². The number of nitrogens with zero attached hydrogens (tertiary/aromatic N) is 4. The number of rotatable bonds is 4. The lowest BCUT2D eigenvalue weighted by atomic mass is 10.1. The number of anilines is 1. The lowest BCUT2D eigenvalue weighted by Crippen LogP contribution is -3.13. The number of hydrogen-bond acceptors (Lipinski definition) is 5. The fraction of sp³-hybridized carbons (Fsp3) is 0.421. The molecule has 1 fully saturated rings. The topological polar surface area (TPSA) is 54.9 Å². The summed E-state index contributed by atoms with van der Waals surface area (Å²) in [7, 11) is 0. The summed E-state index contributed by atoms with van der Waals surface area (Å²) in [6.07, 6.45) is 0.818. The van der Waals surface area contributed by atoms with Gasteiger partial charge < -0.3 is 9.80 Å². The summed E-state index contributed by atoms with van der Waals surface area (Å²) < 4.78 is 1.42. The molecule has 0 bridgehead atoms. The van der Waals surface area contributed by atoms with Gasteiger partial charge in [-0.1, -0.05) is 35.9 Å². The highest BCUT2D eigenvalue weighted by atomic mass is 35.5. The summed E-state index contributed by atoms with van der Waals surface area (Å²) in [5.41, 5.74) is 3.24. The molecule has 0 aliphatic carbocycles. The van der Waals surface area contributed by atoms with Crippen LogP contribution in [-0.2, 0) is 13.0 Å². The number of benzene rings is 1. The van der Waals surface area contributed by atoms with Crippen LogP contribution >= 0.6 is 22.9 Å². The van der Waals surface area contributed by atoms with Crippen LogP contribution < -0.4 is 15.4 Å². The van der Waals surface area contributed by atoms with Crippen molar-refractivity contribution in [2.75, 3.05) is 31.1 Å². The van der Waals surface area contributed by atoms with Crippen molar-refractivity contribution in [3.05, 3.63) is 55.9 Å². The normalized spacial score (nSPS) is 15.6. The Labute approximate surface area is 167 Å². The highest BCUT2D eigenvalue weighted by molar-refractivity contribution is 7.16. The largest absolute Gasteiger partial charge is 0.360 e. The Balaban J connectivity index is 1.45. The smallest absolute Gasteiger partial charge is 0.275 e. The van der Waals surface area contributed by atoms with Crippen molar-refractivity contribution in [2.24, 2.45) is 0 Å². The van der Waals surface area contributed by atoms with Gasteiger partial charge >= 0.3 is 0 Å². The van der Waals surface area contributed by atoms with Gasteiger partial charge in [-0.05, 0) is 31.0 Å². The van der Waals surface area contributed by atoms with Crippen LogP contribution in [0.25, 0.3) is 4.96 Å². The van der Waals surface area contributed by atoms with Crippen LogP contribution in [0.5, 0.6) is 0 Å². The third kappa shape index (κ3) is 3.85. The van der Waals surface area contributed by atoms with Crippen LogP contribution in [0.4, 0.5) is 5.69 Å². The van der Waals surface area contributed by atoms with E-state index in [4.69, 9.17) is 11.6 Å². The van der Waals surface area contributed by atoms with Crippen LogP contribution in [0.2, 0.25) is 5.02 Å². The van der Waals surface area contributed by atoms with Crippen molar-refractivity contribution in [2.45, 2.75) is 26.8 Å². The Morgan fingerprint density at radius 3 is 2.78 bits per heavy atom. The number of fused-ring (bicyclic) bond motifs is 1. The van der Waals surface area contributed by atoms with E-state index in [1.807, 2.05) is 19.1 Å². The average Bonchev–Trinajstić information content (AvgIpc) is 3.08. The maximum Gasteiger partial charge on any atom is 0.275 e. The second-order valence-corrected chi connectivity index (χ2v) is 8.45. The van der Waals surface area contributed by atoms with Gasteiger partial charge in [0.2, 0.25) is 4.96 Å². The molecule has 1 N–H and O–H groups in total. The molecule has 0 amide bonds. The highest BCUT2D eigenvalue weighted by Crippen LogP contribution is 2.24. The molecule has 1 saturated heterocycles. The molecule has 3 aromatic rings. The summed E-state index contributed by atoms with van der Waals surface area (Å²) in [6, 6.07) is 7.69. The molecule has 3 heterocycles. The number of aromatic nitrogens is 3. The van der Waals surface area contributed by atoms with Crippen LogP contribution in [-0.4, -0.2) is 40.8 Å². The summed E-state index contributed by atoms with van der Waals surface area (Å²) in [4.78, 5) is 21.5. The van der Waals surface area contributed by atoms with E-state index >= 15 is 0 Å². The summed E-state index contributed by atoms with van der Waals surface area (Å²) in [6.45, 7) is 8.89. The second-order valence-electron chi connectivity index (χ2n) is 6.97. The lowest BCUT2D eigenvalue weighted by Gasteiger charge is -2.34. The van der Waals surface area contributed by atoms with E-state index in [2.05, 4.69) is 28.0 Å². The van der Waals surface area contributed by atoms with Gasteiger partial charge in [0.1, 0.15) is 17.2 Å². The van der Waals surface area contributed by atoms with Gasteiger partial charge in [-0.2, -0.15) is 9.61 Å². The maximum absolute atomic E-state index is 12.3. The number of piperazine rings is 1. The summed E-state index contributed by atoms with van der Waals surface area (Å²) in [5.74, 6) is 0. The van der Waals surface area contributed by atoms with Gasteiger partial charge in [-0.15, -0.1) is 0 Å². The quantitative estimate of drug-likeness (QED) is 0.717. The molecule has 0 atom stereocenters. The molecule has 0 radical (unpaired) electrons. The predicted octanol–water partition coefficient (Wildman–Crippen LogP) is 1.58. The monoisotopic (exact) mass is 404 g/mol. The van der Waals surface area contributed by atoms with Crippen molar-refractivity contribution in [1.82, 2.24) is 14.6 Å². The van der Waals surface area contributed by atoms with Gasteiger partial charge in [0.05, 0.1) is 26.2 Å². The van der Waals surface area contributed by atoms with Crippen LogP contribution in [0, 0.1) is 6.92 Å². The minimum atomic E-state index is -0.0847. The molecule has 8 heteroatoms. The molecule has 0 unspecified atom stereocenters. The zero-order valence-electron chi connectivity index (χ0n) is 15.5. The van der Waals surface area contributed by atoms with E-state index in [-0.39, 0.29) is 5.56 Å². The lowest BCUT2D eigenvalue weighted by molar-refractivity contribution is -0.914. The standard InChI is InChI=1S/C19H22ClN5OS/c1-3-17-22-25-18(26)11-15(21-19(25)27-17)12-23-6-8-24(9-7-23)16-10-14(20)5-4-13(16)2/h4-5,10-11H,3,6-9,12H2,1-2H3/p+1. The molecule has 0 saturated carbocycles. The zero-order chi connectivity index (χ0) is 19.0. The van der Waals surface area contributed by atoms with E-state index in [0.717, 1.165) is 54.9 Å². The Kier molecular flexibility index (Phi) is 5.16. The summed E-state index contributed by atoms with van der Waals surface area (Å²) in [5, 5.41) is 6.03. The third-order valence-electron chi connectivity index (χ3n) is 5.06. The molecule has 0 spiro atoms. The SMILES string of the molecule is CCc1nn2c(=O)cc(C[NH+]3CCN(c4cc(Cl)ccc4C)CC3)nc2s1. The second kappa shape index (κ2) is 7.58. The van der Waals surface area contributed by atoms with E-state index in [9.17, 15) is 4.79 Å². The zero-order valence-corrected chi connectivity index (χ0v) is 17.1. The van der Waals surface area contributed by atoms with Gasteiger partial charge in [0.25, 0.3) is 5.56 Å². The minimum absolute atomic E-state index is 0.0847. The Morgan fingerprint density at radius 2 is 2.04 bits per heavy atom. The Bertz CT molecular complexity index is 1020. The number of quaternary nitrogens is 1. The molecule has 1 aliphatic heterocycles. The maximum atomic E-state index is 12.3. The van der Waals surface area contributed by atoms with Gasteiger partial charge in [0.15, 0.2) is 0 Å². The first-order valence-corrected chi connectivity index (χ1v) is 10.5. The third-order valence-corrected chi connectivity index (χ3v) is 6.34. The van der Waals surface area contributed by atoms with E-state index in [0.29, 0.717) is 4.96 Å². The number of halogens is 1. The molecular weight excluding hydrogens is 382 g/mol. The van der Waals surface area contributed by atoms with E-state index in [1.165, 1.54) is 32.0 Å². The molecule has 1 aromatic carbocycles. The molecule has 4 rings (SSSR count). The van der Waals surface area contributed by atoms with Gasteiger partial charge in [0, 0.05) is 16.8 Å². The van der Waals surface area contributed by atoms with Crippen molar-refractivity contribution in [1.29, 1.82) is 0 Å². The summed E-state index contributed by atoms with van der Waals surface area (Å²) >= 11 is 7.67. The Hall–Kier alpha value is -1.96. The van der Waals surface area contributed by atoms with Gasteiger partial charge in [-0.25, -0.2) is 4.98 Å². The van der Waals surface area contributed by atoms with E-state index < -0.39 is 0 Å². The van der Waals surface area contributed by atoms with Gasteiger partial charge in [-0.3, -0.25) is 4.79 Å². The predicted molar refractivity (Wildman–Crippen MR) is 109 cm³/mol. The average molecular weight is 405 g/mol. The molecule has 27 heavy (non-hydrogen) atoms. The Morgan fingerprint density at radius 1 is 1.26 bits per heavy atom. The fourth-order valence-electron chi connectivity index (χ4n) is 3.55. The van der Waals surface area contributed by atoms with Crippen LogP contribution in [0.1, 0.15) is 23.2 Å². The first kappa shape index (κ1) is 18.4. The molecule has 142 valence electrons.